The van der Waals surface area contributed by atoms with Gasteiger partial charge in [0.1, 0.15) is 0 Å². The van der Waals surface area contributed by atoms with Crippen molar-refractivity contribution in [1.29, 1.82) is 0 Å². The van der Waals surface area contributed by atoms with Crippen LogP contribution >= 0.6 is 0 Å². The van der Waals surface area contributed by atoms with E-state index in [4.69, 9.17) is 0 Å². The third kappa shape index (κ3) is 5.45. The molecule has 55 heavy (non-hydrogen) atoms. The molecule has 1 aliphatic heterocycles. The SMILES string of the molecule is c1ccc(C2=C(c3ccccc3)[Si](c3ccccc3)(c3ccc(Cn4c5ccccc5c5ccccc54)cc3)C(c3ccccc3)=C2c2ccccc2)cc1. The van der Waals surface area contributed by atoms with E-state index in [0.29, 0.717) is 0 Å². The minimum atomic E-state index is -3.05. The number of nitrogens with zero attached hydrogens (tertiary/aromatic N) is 1. The summed E-state index contributed by atoms with van der Waals surface area (Å²) in [4.78, 5) is 0. The summed E-state index contributed by atoms with van der Waals surface area (Å²) in [5.41, 5.74) is 11.5. The third-order valence-electron chi connectivity index (χ3n) is 11.4. The molecule has 0 aliphatic carbocycles. The van der Waals surface area contributed by atoms with Crippen molar-refractivity contribution < 1.29 is 0 Å². The summed E-state index contributed by atoms with van der Waals surface area (Å²) in [7, 11) is -3.05. The molecule has 0 N–H and O–H groups in total. The smallest absolute Gasteiger partial charge is 0.182 e. The monoisotopic (exact) mass is 717 g/mol. The lowest BCUT2D eigenvalue weighted by Gasteiger charge is -2.36. The van der Waals surface area contributed by atoms with Gasteiger partial charge in [0.2, 0.25) is 0 Å². The first-order valence-electron chi connectivity index (χ1n) is 19.1. The van der Waals surface area contributed by atoms with Crippen molar-refractivity contribution in [2.45, 2.75) is 6.54 Å². The Bertz CT molecular complexity index is 2680. The van der Waals surface area contributed by atoms with Gasteiger partial charge in [0, 0.05) is 28.4 Å². The van der Waals surface area contributed by atoms with Crippen molar-refractivity contribution in [1.82, 2.24) is 4.57 Å². The predicted octanol–water partition coefficient (Wildman–Crippen LogP) is 11.7. The standard InChI is InChI=1S/C53H39NSi/c1-6-20-40(21-7-1)50-51(41-22-8-2-9-23-41)53(43-26-12-4-13-27-43)55(44-28-14-5-15-29-44,52(50)42-24-10-3-11-25-42)45-36-34-39(35-37-45)38-54-48-32-18-16-30-46(48)47-31-17-19-33-49(47)54/h1-37H,38H2. The molecule has 1 aliphatic rings. The molecule has 0 radical (unpaired) electrons. The number of benzene rings is 8. The van der Waals surface area contributed by atoms with Crippen LogP contribution in [0.15, 0.2) is 224 Å². The lowest BCUT2D eigenvalue weighted by Crippen LogP contribution is -2.59. The van der Waals surface area contributed by atoms with Crippen molar-refractivity contribution in [3.8, 4) is 0 Å². The summed E-state index contributed by atoms with van der Waals surface area (Å²) < 4.78 is 2.48. The number of rotatable bonds is 8. The van der Waals surface area contributed by atoms with Gasteiger partial charge in [0.25, 0.3) is 0 Å². The molecule has 8 aromatic carbocycles. The van der Waals surface area contributed by atoms with Crippen LogP contribution in [0.25, 0.3) is 43.3 Å². The Hall–Kier alpha value is -6.74. The molecular formula is C53H39NSi. The minimum absolute atomic E-state index is 0.793. The van der Waals surface area contributed by atoms with E-state index in [9.17, 15) is 0 Å². The van der Waals surface area contributed by atoms with Crippen molar-refractivity contribution >= 4 is 61.8 Å². The van der Waals surface area contributed by atoms with Crippen LogP contribution in [0.5, 0.6) is 0 Å². The van der Waals surface area contributed by atoms with Crippen LogP contribution in [0.3, 0.4) is 0 Å². The fraction of sp³-hybridized carbons (Fsp3) is 0.0189. The summed E-state index contributed by atoms with van der Waals surface area (Å²) in [6, 6.07) is 83.3. The summed E-state index contributed by atoms with van der Waals surface area (Å²) in [6.45, 7) is 0.793. The zero-order chi connectivity index (χ0) is 36.6. The van der Waals surface area contributed by atoms with E-state index in [-0.39, 0.29) is 0 Å². The highest BCUT2D eigenvalue weighted by molar-refractivity contribution is 7.29. The van der Waals surface area contributed by atoms with Gasteiger partial charge < -0.3 is 4.57 Å². The lowest BCUT2D eigenvalue weighted by molar-refractivity contribution is 0.869. The zero-order valence-electron chi connectivity index (χ0n) is 30.5. The van der Waals surface area contributed by atoms with E-state index in [1.165, 1.54) is 81.5 Å². The Morgan fingerprint density at radius 2 is 0.655 bits per heavy atom. The van der Waals surface area contributed by atoms with E-state index in [0.717, 1.165) is 6.54 Å². The summed E-state index contributed by atoms with van der Waals surface area (Å²) in [6.07, 6.45) is 0. The maximum atomic E-state index is 2.48. The third-order valence-corrected chi connectivity index (χ3v) is 16.3. The molecule has 2 heterocycles. The van der Waals surface area contributed by atoms with Crippen molar-refractivity contribution in [2.75, 3.05) is 0 Å². The quantitative estimate of drug-likeness (QED) is 0.138. The Kier molecular flexibility index (Phi) is 8.31. The predicted molar refractivity (Wildman–Crippen MR) is 236 cm³/mol. The van der Waals surface area contributed by atoms with Gasteiger partial charge in [-0.15, -0.1) is 0 Å². The van der Waals surface area contributed by atoms with Gasteiger partial charge >= 0.3 is 0 Å². The Balaban J connectivity index is 1.29. The fourth-order valence-electron chi connectivity index (χ4n) is 9.12. The molecule has 0 spiro atoms. The normalized spacial score (nSPS) is 13.9. The van der Waals surface area contributed by atoms with Crippen molar-refractivity contribution in [3.63, 3.8) is 0 Å². The number of hydrogen-bond acceptors (Lipinski definition) is 0. The Labute approximate surface area is 323 Å². The number of fused-ring (bicyclic) bond motifs is 3. The van der Waals surface area contributed by atoms with Crippen LogP contribution in [0.1, 0.15) is 27.8 Å². The van der Waals surface area contributed by atoms with E-state index >= 15 is 0 Å². The molecule has 0 bridgehead atoms. The second-order valence-electron chi connectivity index (χ2n) is 14.4. The zero-order valence-corrected chi connectivity index (χ0v) is 31.5. The average molecular weight is 718 g/mol. The number of para-hydroxylation sites is 2. The molecule has 1 nitrogen and oxygen atoms in total. The van der Waals surface area contributed by atoms with Gasteiger partial charge in [0.05, 0.1) is 0 Å². The molecule has 0 fully saturated rings. The van der Waals surface area contributed by atoms with E-state index in [1.807, 2.05) is 0 Å². The first-order valence-corrected chi connectivity index (χ1v) is 21.1. The van der Waals surface area contributed by atoms with Crippen LogP contribution in [-0.4, -0.2) is 12.6 Å². The second kappa shape index (κ2) is 13.9. The molecule has 10 rings (SSSR count). The number of allylic oxidation sites excluding steroid dienone is 2. The molecule has 2 heteroatoms. The van der Waals surface area contributed by atoms with Gasteiger partial charge in [-0.05, 0) is 71.9 Å². The minimum Gasteiger partial charge on any atom is -0.336 e. The maximum absolute atomic E-state index is 3.05. The molecule has 0 saturated carbocycles. The molecule has 0 atom stereocenters. The van der Waals surface area contributed by atoms with Crippen LogP contribution in [0.4, 0.5) is 0 Å². The first kappa shape index (κ1) is 32.9. The Morgan fingerprint density at radius 1 is 0.309 bits per heavy atom. The van der Waals surface area contributed by atoms with Gasteiger partial charge in [-0.1, -0.05) is 212 Å². The molecule has 0 amide bonds. The van der Waals surface area contributed by atoms with E-state index in [1.54, 1.807) is 0 Å². The highest BCUT2D eigenvalue weighted by Gasteiger charge is 2.53. The molecule has 260 valence electrons. The summed E-state index contributed by atoms with van der Waals surface area (Å²) >= 11 is 0. The fourth-order valence-corrected chi connectivity index (χ4v) is 14.7. The number of aromatic nitrogens is 1. The molecule has 1 aromatic heterocycles. The van der Waals surface area contributed by atoms with Gasteiger partial charge in [-0.25, -0.2) is 0 Å². The molecule has 0 saturated heterocycles. The summed E-state index contributed by atoms with van der Waals surface area (Å²) in [5.74, 6) is 0. The molecule has 0 unspecified atom stereocenters. The maximum Gasteiger partial charge on any atom is 0.182 e. The largest absolute Gasteiger partial charge is 0.336 e. The number of hydrogen-bond donors (Lipinski definition) is 0. The van der Waals surface area contributed by atoms with Gasteiger partial charge in [-0.3, -0.25) is 0 Å². The van der Waals surface area contributed by atoms with Gasteiger partial charge in [0.15, 0.2) is 8.07 Å². The van der Waals surface area contributed by atoms with E-state index < -0.39 is 8.07 Å². The van der Waals surface area contributed by atoms with Crippen LogP contribution in [-0.2, 0) is 6.54 Å². The molecule has 9 aromatic rings. The van der Waals surface area contributed by atoms with Crippen molar-refractivity contribution in [2.24, 2.45) is 0 Å². The highest BCUT2D eigenvalue weighted by Crippen LogP contribution is 2.55. The van der Waals surface area contributed by atoms with Crippen LogP contribution < -0.4 is 10.4 Å². The topological polar surface area (TPSA) is 4.93 Å². The molecular weight excluding hydrogens is 679 g/mol. The lowest BCUT2D eigenvalue weighted by atomic mass is 9.89. The van der Waals surface area contributed by atoms with Crippen LogP contribution in [0.2, 0.25) is 0 Å². The highest BCUT2D eigenvalue weighted by atomic mass is 28.3. The Morgan fingerprint density at radius 3 is 1.09 bits per heavy atom. The van der Waals surface area contributed by atoms with E-state index in [2.05, 4.69) is 229 Å². The van der Waals surface area contributed by atoms with Crippen molar-refractivity contribution in [3.05, 3.63) is 252 Å². The average Bonchev–Trinajstić information content (AvgIpc) is 3.77. The van der Waals surface area contributed by atoms with Crippen LogP contribution in [0, 0.1) is 0 Å². The first-order chi connectivity index (χ1) is 27.3. The van der Waals surface area contributed by atoms with Gasteiger partial charge in [-0.2, -0.15) is 0 Å². The summed E-state index contributed by atoms with van der Waals surface area (Å²) in [5, 5.41) is 8.21. The second-order valence-corrected chi connectivity index (χ2v) is 18.1.